The Morgan fingerprint density at radius 2 is 1.69 bits per heavy atom. The second kappa shape index (κ2) is 9.55. The van der Waals surface area contributed by atoms with Crippen LogP contribution >= 0.6 is 0 Å². The van der Waals surface area contributed by atoms with Crippen LogP contribution in [0.4, 0.5) is 0 Å². The summed E-state index contributed by atoms with van der Waals surface area (Å²) < 4.78 is 1.92. The van der Waals surface area contributed by atoms with Gasteiger partial charge in [-0.3, -0.25) is 4.79 Å². The number of pyridine rings is 1. The van der Waals surface area contributed by atoms with Gasteiger partial charge in [0.05, 0.1) is 40.4 Å². The molecule has 5 aromatic rings. The Balaban J connectivity index is 1.54. The molecule has 5 heteroatoms. The van der Waals surface area contributed by atoms with Gasteiger partial charge in [0, 0.05) is 10.9 Å². The van der Waals surface area contributed by atoms with Crippen LogP contribution in [0.25, 0.3) is 27.8 Å². The molecule has 5 rings (SSSR count). The molecular formula is C30H28N4O. The Bertz CT molecular complexity index is 1490. The molecular weight excluding hydrogens is 432 g/mol. The summed E-state index contributed by atoms with van der Waals surface area (Å²) in [5.41, 5.74) is 7.34. The summed E-state index contributed by atoms with van der Waals surface area (Å²) in [7, 11) is 0. The number of para-hydroxylation sites is 1. The van der Waals surface area contributed by atoms with Gasteiger partial charge >= 0.3 is 0 Å². The van der Waals surface area contributed by atoms with E-state index in [2.05, 4.69) is 41.6 Å². The van der Waals surface area contributed by atoms with Gasteiger partial charge in [0.25, 0.3) is 5.91 Å². The van der Waals surface area contributed by atoms with Crippen LogP contribution < -0.4 is 5.32 Å². The van der Waals surface area contributed by atoms with Crippen molar-refractivity contribution in [2.24, 2.45) is 0 Å². The first-order valence-electron chi connectivity index (χ1n) is 11.9. The van der Waals surface area contributed by atoms with Crippen molar-refractivity contribution in [3.63, 3.8) is 0 Å². The third-order valence-electron chi connectivity index (χ3n) is 6.48. The lowest BCUT2D eigenvalue weighted by atomic mass is 10.0. The minimum atomic E-state index is -0.124. The Morgan fingerprint density at radius 1 is 0.971 bits per heavy atom. The predicted octanol–water partition coefficient (Wildman–Crippen LogP) is 6.45. The van der Waals surface area contributed by atoms with Crippen molar-refractivity contribution in [1.29, 1.82) is 0 Å². The summed E-state index contributed by atoms with van der Waals surface area (Å²) in [5, 5.41) is 8.62. The molecule has 0 aliphatic rings. The molecule has 3 aromatic carbocycles. The van der Waals surface area contributed by atoms with E-state index in [1.807, 2.05) is 85.4 Å². The first-order chi connectivity index (χ1) is 17.0. The van der Waals surface area contributed by atoms with Gasteiger partial charge < -0.3 is 5.32 Å². The minimum absolute atomic E-state index is 0.116. The molecule has 2 aromatic heterocycles. The number of rotatable bonds is 6. The van der Waals surface area contributed by atoms with E-state index in [4.69, 9.17) is 4.98 Å². The zero-order chi connectivity index (χ0) is 24.4. The molecule has 35 heavy (non-hydrogen) atoms. The van der Waals surface area contributed by atoms with E-state index in [0.29, 0.717) is 5.56 Å². The maximum Gasteiger partial charge on any atom is 0.252 e. The van der Waals surface area contributed by atoms with E-state index in [-0.39, 0.29) is 11.9 Å². The number of aromatic nitrogens is 3. The predicted molar refractivity (Wildman–Crippen MR) is 141 cm³/mol. The van der Waals surface area contributed by atoms with E-state index < -0.39 is 0 Å². The fourth-order valence-corrected chi connectivity index (χ4v) is 4.39. The minimum Gasteiger partial charge on any atom is -0.345 e. The van der Waals surface area contributed by atoms with E-state index >= 15 is 0 Å². The Morgan fingerprint density at radius 3 is 2.43 bits per heavy atom. The molecule has 0 fully saturated rings. The highest BCUT2D eigenvalue weighted by atomic mass is 16.1. The summed E-state index contributed by atoms with van der Waals surface area (Å²) >= 11 is 0. The number of nitrogens with zero attached hydrogens (tertiary/aromatic N) is 3. The highest BCUT2D eigenvalue weighted by Gasteiger charge is 2.19. The number of aryl methyl sites for hydroxylation is 1. The monoisotopic (exact) mass is 460 g/mol. The van der Waals surface area contributed by atoms with Gasteiger partial charge in [-0.1, -0.05) is 67.6 Å². The molecule has 0 radical (unpaired) electrons. The van der Waals surface area contributed by atoms with Crippen molar-refractivity contribution < 1.29 is 4.79 Å². The molecule has 5 nitrogen and oxygen atoms in total. The van der Waals surface area contributed by atoms with Crippen molar-refractivity contribution >= 4 is 16.8 Å². The number of hydrogen-bond donors (Lipinski definition) is 1. The number of hydrogen-bond acceptors (Lipinski definition) is 3. The molecule has 1 amide bonds. The summed E-state index contributed by atoms with van der Waals surface area (Å²) in [6, 6.07) is 27.9. The molecule has 0 saturated carbocycles. The molecule has 1 N–H and O–H groups in total. The summed E-state index contributed by atoms with van der Waals surface area (Å²) in [6.07, 6.45) is 2.83. The van der Waals surface area contributed by atoms with Crippen LogP contribution in [0.3, 0.4) is 0 Å². The third-order valence-corrected chi connectivity index (χ3v) is 6.48. The maximum atomic E-state index is 13.4. The van der Waals surface area contributed by atoms with Crippen molar-refractivity contribution in [2.45, 2.75) is 33.2 Å². The van der Waals surface area contributed by atoms with Gasteiger partial charge in [0.2, 0.25) is 0 Å². The summed E-state index contributed by atoms with van der Waals surface area (Å²) in [6.45, 7) is 6.17. The highest BCUT2D eigenvalue weighted by molar-refractivity contribution is 6.07. The molecule has 174 valence electrons. The van der Waals surface area contributed by atoms with Crippen LogP contribution in [-0.2, 0) is 6.42 Å². The van der Waals surface area contributed by atoms with Gasteiger partial charge in [-0.2, -0.15) is 5.10 Å². The van der Waals surface area contributed by atoms with Gasteiger partial charge in [0.15, 0.2) is 0 Å². The Hall–Kier alpha value is -4.25. The molecule has 0 aliphatic heterocycles. The van der Waals surface area contributed by atoms with Gasteiger partial charge in [-0.15, -0.1) is 0 Å². The van der Waals surface area contributed by atoms with Crippen LogP contribution in [-0.4, -0.2) is 20.7 Å². The third kappa shape index (κ3) is 4.45. The first-order valence-corrected chi connectivity index (χ1v) is 11.9. The maximum absolute atomic E-state index is 13.4. The van der Waals surface area contributed by atoms with Crippen LogP contribution in [0.5, 0.6) is 0 Å². The van der Waals surface area contributed by atoms with E-state index in [9.17, 15) is 4.79 Å². The quantitative estimate of drug-likeness (QED) is 0.317. The van der Waals surface area contributed by atoms with Crippen LogP contribution in [0.2, 0.25) is 0 Å². The molecule has 0 spiro atoms. The number of benzene rings is 3. The van der Waals surface area contributed by atoms with Crippen molar-refractivity contribution in [1.82, 2.24) is 20.1 Å². The number of fused-ring (bicyclic) bond motifs is 1. The SMILES string of the molecule is CCc1ccc(-n2ncc(-c3cc(C(=O)N[C@@H](C)c4ccccc4)c4ccccc4n3)c2C)cc1. The van der Waals surface area contributed by atoms with Gasteiger partial charge in [-0.25, -0.2) is 9.67 Å². The lowest BCUT2D eigenvalue weighted by molar-refractivity contribution is 0.0941. The number of nitrogens with one attached hydrogen (secondary N) is 1. The fraction of sp³-hybridized carbons (Fsp3) is 0.167. The molecule has 0 unspecified atom stereocenters. The summed E-state index contributed by atoms with van der Waals surface area (Å²) in [5.74, 6) is -0.124. The molecule has 1 atom stereocenters. The van der Waals surface area contributed by atoms with Crippen molar-refractivity contribution in [3.05, 3.63) is 114 Å². The lowest BCUT2D eigenvalue weighted by Crippen LogP contribution is -2.27. The molecule has 0 bridgehead atoms. The zero-order valence-electron chi connectivity index (χ0n) is 20.2. The average Bonchev–Trinajstić information content (AvgIpc) is 3.29. The van der Waals surface area contributed by atoms with Crippen LogP contribution in [0, 0.1) is 6.92 Å². The van der Waals surface area contributed by atoms with Crippen molar-refractivity contribution in [3.8, 4) is 16.9 Å². The zero-order valence-corrected chi connectivity index (χ0v) is 20.2. The standard InChI is InChI=1S/C30H28N4O/c1-4-22-14-16-24(17-15-22)34-21(3)27(19-31-34)29-18-26(25-12-8-9-13-28(25)33-29)30(35)32-20(2)23-10-6-5-7-11-23/h5-20H,4H2,1-3H3,(H,32,35)/t20-/m0/s1. The fourth-order valence-electron chi connectivity index (χ4n) is 4.39. The Kier molecular flexibility index (Phi) is 6.15. The largest absolute Gasteiger partial charge is 0.345 e. The number of carbonyl (C=O) groups is 1. The second-order valence-corrected chi connectivity index (χ2v) is 8.75. The van der Waals surface area contributed by atoms with E-state index in [1.54, 1.807) is 0 Å². The molecule has 2 heterocycles. The smallest absolute Gasteiger partial charge is 0.252 e. The Labute approximate surface area is 205 Å². The molecule has 0 aliphatic carbocycles. The van der Waals surface area contributed by atoms with E-state index in [1.165, 1.54) is 5.56 Å². The normalized spacial score (nSPS) is 12.0. The van der Waals surface area contributed by atoms with Crippen molar-refractivity contribution in [2.75, 3.05) is 0 Å². The summed E-state index contributed by atoms with van der Waals surface area (Å²) in [4.78, 5) is 18.3. The van der Waals surface area contributed by atoms with Crippen LogP contribution in [0.15, 0.2) is 91.1 Å². The lowest BCUT2D eigenvalue weighted by Gasteiger charge is -2.16. The van der Waals surface area contributed by atoms with Gasteiger partial charge in [0.1, 0.15) is 0 Å². The van der Waals surface area contributed by atoms with Gasteiger partial charge in [-0.05, 0) is 55.7 Å². The number of amides is 1. The first kappa shape index (κ1) is 22.5. The highest BCUT2D eigenvalue weighted by Crippen LogP contribution is 2.28. The van der Waals surface area contributed by atoms with Crippen LogP contribution in [0.1, 0.15) is 47.1 Å². The van der Waals surface area contributed by atoms with E-state index in [0.717, 1.165) is 45.5 Å². The molecule has 0 saturated heterocycles. The number of carbonyl (C=O) groups excluding carboxylic acids is 1. The topological polar surface area (TPSA) is 59.8 Å². The average molecular weight is 461 g/mol. The second-order valence-electron chi connectivity index (χ2n) is 8.75.